The number of aromatic nitrogens is 1. The van der Waals surface area contributed by atoms with Gasteiger partial charge in [0.25, 0.3) is 11.8 Å². The normalized spacial score (nSPS) is 11.1. The zero-order valence-corrected chi connectivity index (χ0v) is 16.4. The number of allylic oxidation sites excluding steroid dienone is 4. The number of rotatable bonds is 10. The Hall–Kier alpha value is -2.57. The van der Waals surface area contributed by atoms with Crippen molar-refractivity contribution in [3.63, 3.8) is 0 Å². The molecule has 0 unspecified atom stereocenters. The van der Waals surface area contributed by atoms with E-state index in [-0.39, 0.29) is 28.5 Å². The number of nitrogens with one attached hydrogen (secondary N) is 2. The quantitative estimate of drug-likeness (QED) is 0.457. The predicted octanol–water partition coefficient (Wildman–Crippen LogP) is 3.55. The molecule has 8 heteroatoms. The third-order valence-electron chi connectivity index (χ3n) is 3.07. The number of carbonyl (C=O) groups is 2. The van der Waals surface area contributed by atoms with E-state index in [1.165, 1.54) is 24.6 Å². The molecule has 6 nitrogen and oxygen atoms in total. The molecule has 1 rings (SSSR count). The Morgan fingerprint density at radius 2 is 2.04 bits per heavy atom. The van der Waals surface area contributed by atoms with E-state index in [4.69, 9.17) is 27.9 Å². The van der Waals surface area contributed by atoms with Crippen molar-refractivity contribution in [3.8, 4) is 0 Å². The van der Waals surface area contributed by atoms with Crippen molar-refractivity contribution in [1.29, 1.82) is 0 Å². The fourth-order valence-electron chi connectivity index (χ4n) is 1.77. The number of pyridine rings is 1. The van der Waals surface area contributed by atoms with E-state index in [2.05, 4.69) is 28.8 Å². The van der Waals surface area contributed by atoms with Crippen LogP contribution in [0.5, 0.6) is 0 Å². The van der Waals surface area contributed by atoms with Gasteiger partial charge in [-0.1, -0.05) is 36.4 Å². The SMILES string of the molecule is C=C(CCNC(=O)CO/C=C/C=C(/Cl)C(=C)Cl)NC(=O)c1cncc(C)c1. The van der Waals surface area contributed by atoms with Gasteiger partial charge in [0.1, 0.15) is 0 Å². The second-order valence-electron chi connectivity index (χ2n) is 5.47. The Morgan fingerprint density at radius 1 is 1.30 bits per heavy atom. The zero-order chi connectivity index (χ0) is 20.2. The van der Waals surface area contributed by atoms with E-state index in [0.717, 1.165) is 5.56 Å². The molecular formula is C19H21Cl2N3O3. The molecule has 0 fully saturated rings. The number of carbonyl (C=O) groups excluding carboxylic acids is 2. The van der Waals surface area contributed by atoms with E-state index in [1.54, 1.807) is 12.3 Å². The third kappa shape index (κ3) is 9.63. The minimum atomic E-state index is -0.307. The fourth-order valence-corrected chi connectivity index (χ4v) is 1.91. The van der Waals surface area contributed by atoms with Gasteiger partial charge in [0.15, 0.2) is 6.61 Å². The van der Waals surface area contributed by atoms with Crippen molar-refractivity contribution in [1.82, 2.24) is 15.6 Å². The molecule has 0 spiro atoms. The number of hydrogen-bond donors (Lipinski definition) is 2. The topological polar surface area (TPSA) is 80.3 Å². The summed E-state index contributed by atoms with van der Waals surface area (Å²) >= 11 is 11.3. The van der Waals surface area contributed by atoms with Crippen molar-refractivity contribution >= 4 is 35.0 Å². The van der Waals surface area contributed by atoms with Gasteiger partial charge in [-0.05, 0) is 30.7 Å². The molecule has 0 saturated heterocycles. The molecule has 0 atom stereocenters. The summed E-state index contributed by atoms with van der Waals surface area (Å²) in [5.74, 6) is -0.596. The lowest BCUT2D eigenvalue weighted by atomic mass is 10.2. The first-order valence-electron chi connectivity index (χ1n) is 7.95. The van der Waals surface area contributed by atoms with Gasteiger partial charge in [-0.15, -0.1) is 0 Å². The highest BCUT2D eigenvalue weighted by Gasteiger charge is 2.08. The molecule has 144 valence electrons. The lowest BCUT2D eigenvalue weighted by Crippen LogP contribution is -2.30. The molecule has 0 aliphatic carbocycles. The molecule has 1 aromatic rings. The number of nitrogens with zero attached hydrogens (tertiary/aromatic N) is 1. The molecule has 0 aliphatic heterocycles. The average molecular weight is 410 g/mol. The van der Waals surface area contributed by atoms with Crippen molar-refractivity contribution in [2.45, 2.75) is 13.3 Å². The molecule has 0 aliphatic rings. The first-order valence-corrected chi connectivity index (χ1v) is 8.71. The standard InChI is InChI=1S/C19H21Cl2N3O3/c1-13-9-16(11-22-10-13)19(26)24-14(2)6-7-23-18(25)12-27-8-4-5-17(21)15(3)20/h4-5,8-11H,2-3,6-7,12H2,1H3,(H,23,25)(H,24,26)/b8-4+,17-5+. The summed E-state index contributed by atoms with van der Waals surface area (Å²) in [7, 11) is 0. The second kappa shape index (κ2) is 11.9. The minimum Gasteiger partial charge on any atom is -0.491 e. The Kier molecular flexibility index (Phi) is 9.93. The number of hydrogen-bond acceptors (Lipinski definition) is 4. The summed E-state index contributed by atoms with van der Waals surface area (Å²) in [6.45, 7) is 9.24. The summed E-state index contributed by atoms with van der Waals surface area (Å²) in [4.78, 5) is 27.7. The van der Waals surface area contributed by atoms with Crippen LogP contribution in [0, 0.1) is 6.92 Å². The molecule has 0 bridgehead atoms. The van der Waals surface area contributed by atoms with Crippen LogP contribution in [0.1, 0.15) is 22.3 Å². The first-order chi connectivity index (χ1) is 12.8. The highest BCUT2D eigenvalue weighted by atomic mass is 35.5. The van der Waals surface area contributed by atoms with E-state index in [1.807, 2.05) is 6.92 Å². The Morgan fingerprint density at radius 3 is 2.70 bits per heavy atom. The molecule has 0 saturated carbocycles. The summed E-state index contributed by atoms with van der Waals surface area (Å²) in [6, 6.07) is 1.73. The molecule has 2 amide bonds. The van der Waals surface area contributed by atoms with Crippen LogP contribution in [0.4, 0.5) is 0 Å². The van der Waals surface area contributed by atoms with Crippen molar-refractivity contribution in [2.24, 2.45) is 0 Å². The van der Waals surface area contributed by atoms with Gasteiger partial charge in [0.05, 0.1) is 21.9 Å². The number of aryl methyl sites for hydroxylation is 1. The maximum Gasteiger partial charge on any atom is 0.257 e. The van der Waals surface area contributed by atoms with Crippen LogP contribution >= 0.6 is 23.2 Å². The van der Waals surface area contributed by atoms with Crippen molar-refractivity contribution in [2.75, 3.05) is 13.2 Å². The van der Waals surface area contributed by atoms with Gasteiger partial charge in [0, 0.05) is 31.1 Å². The van der Waals surface area contributed by atoms with Gasteiger partial charge in [-0.2, -0.15) is 0 Å². The van der Waals surface area contributed by atoms with Crippen LogP contribution in [-0.2, 0) is 9.53 Å². The van der Waals surface area contributed by atoms with Gasteiger partial charge >= 0.3 is 0 Å². The number of amides is 2. The monoisotopic (exact) mass is 409 g/mol. The van der Waals surface area contributed by atoms with Gasteiger partial charge < -0.3 is 15.4 Å². The highest BCUT2D eigenvalue weighted by molar-refractivity contribution is 6.43. The zero-order valence-electron chi connectivity index (χ0n) is 14.9. The fraction of sp³-hybridized carbons (Fsp3) is 0.211. The molecule has 27 heavy (non-hydrogen) atoms. The lowest BCUT2D eigenvalue weighted by Gasteiger charge is -2.09. The molecule has 1 aromatic heterocycles. The Balaban J connectivity index is 2.24. The van der Waals surface area contributed by atoms with E-state index < -0.39 is 0 Å². The molecular weight excluding hydrogens is 389 g/mol. The van der Waals surface area contributed by atoms with Crippen LogP contribution in [0.25, 0.3) is 0 Å². The Bertz CT molecular complexity index is 773. The summed E-state index contributed by atoms with van der Waals surface area (Å²) in [5.41, 5.74) is 1.83. The first kappa shape index (κ1) is 22.5. The van der Waals surface area contributed by atoms with Crippen LogP contribution < -0.4 is 10.6 Å². The molecule has 2 N–H and O–H groups in total. The number of halogens is 2. The number of ether oxygens (including phenoxy) is 1. The summed E-state index contributed by atoms with van der Waals surface area (Å²) < 4.78 is 5.05. The van der Waals surface area contributed by atoms with Crippen molar-refractivity contribution < 1.29 is 14.3 Å². The smallest absolute Gasteiger partial charge is 0.257 e. The van der Waals surface area contributed by atoms with E-state index in [0.29, 0.717) is 24.2 Å². The molecule has 0 radical (unpaired) electrons. The van der Waals surface area contributed by atoms with E-state index >= 15 is 0 Å². The second-order valence-corrected chi connectivity index (χ2v) is 6.33. The average Bonchev–Trinajstić information content (AvgIpc) is 2.61. The van der Waals surface area contributed by atoms with Crippen LogP contribution in [-0.4, -0.2) is 29.9 Å². The molecule has 1 heterocycles. The highest BCUT2D eigenvalue weighted by Crippen LogP contribution is 2.15. The van der Waals surface area contributed by atoms with Crippen LogP contribution in [0.15, 0.2) is 65.8 Å². The van der Waals surface area contributed by atoms with Gasteiger partial charge in [-0.25, -0.2) is 0 Å². The van der Waals surface area contributed by atoms with Crippen LogP contribution in [0.2, 0.25) is 0 Å². The van der Waals surface area contributed by atoms with Crippen molar-refractivity contribution in [3.05, 3.63) is 76.9 Å². The van der Waals surface area contributed by atoms with Gasteiger partial charge in [0.2, 0.25) is 0 Å². The Labute approximate surface area is 168 Å². The van der Waals surface area contributed by atoms with E-state index in [9.17, 15) is 9.59 Å². The minimum absolute atomic E-state index is 0.155. The van der Waals surface area contributed by atoms with Gasteiger partial charge in [-0.3, -0.25) is 14.6 Å². The largest absolute Gasteiger partial charge is 0.491 e. The maximum atomic E-state index is 12.0. The lowest BCUT2D eigenvalue weighted by molar-refractivity contribution is -0.123. The summed E-state index contributed by atoms with van der Waals surface area (Å²) in [6.07, 6.45) is 7.84. The maximum absolute atomic E-state index is 12.0. The van der Waals surface area contributed by atoms with Crippen LogP contribution in [0.3, 0.4) is 0 Å². The third-order valence-corrected chi connectivity index (χ3v) is 3.72. The molecule has 0 aromatic carbocycles. The summed E-state index contributed by atoms with van der Waals surface area (Å²) in [5, 5.41) is 5.82. The predicted molar refractivity (Wildman–Crippen MR) is 107 cm³/mol.